The molecule has 1 aliphatic heterocycles. The number of nitrogens with zero attached hydrogens (tertiary/aromatic N) is 1. The van der Waals surface area contributed by atoms with E-state index in [1.54, 1.807) is 0 Å². The Hall–Kier alpha value is -2.01. The van der Waals surface area contributed by atoms with Crippen LogP contribution < -0.4 is 5.73 Å². The van der Waals surface area contributed by atoms with Crippen LogP contribution in [-0.2, 0) is 9.59 Å². The molecule has 88 valence electrons. The largest absolute Gasteiger partial charge is 0.329 e. The van der Waals surface area contributed by atoms with E-state index in [2.05, 4.69) is 0 Å². The van der Waals surface area contributed by atoms with Crippen molar-refractivity contribution in [1.82, 2.24) is 4.90 Å². The molecule has 1 aromatic carbocycles. The average Bonchev–Trinajstić information content (AvgIpc) is 2.59. The zero-order chi connectivity index (χ0) is 12.4. The molecule has 0 unspecified atom stereocenters. The molecule has 5 heteroatoms. The number of halogens is 1. The maximum atomic E-state index is 12.7. The van der Waals surface area contributed by atoms with Gasteiger partial charge in [0.15, 0.2) is 0 Å². The van der Waals surface area contributed by atoms with Gasteiger partial charge < -0.3 is 5.73 Å². The number of nitrogens with two attached hydrogens (primary N) is 1. The van der Waals surface area contributed by atoms with E-state index in [1.165, 1.54) is 30.3 Å². The molecule has 2 N–H and O–H groups in total. The van der Waals surface area contributed by atoms with Crippen LogP contribution in [-0.4, -0.2) is 29.8 Å². The summed E-state index contributed by atoms with van der Waals surface area (Å²) in [5.74, 6) is -1.14. The van der Waals surface area contributed by atoms with Gasteiger partial charge in [0, 0.05) is 19.2 Å². The van der Waals surface area contributed by atoms with Crippen molar-refractivity contribution in [3.63, 3.8) is 0 Å². The molecule has 0 radical (unpaired) electrons. The van der Waals surface area contributed by atoms with Crippen LogP contribution in [0.4, 0.5) is 4.39 Å². The number of rotatable bonds is 3. The molecule has 0 saturated heterocycles. The van der Waals surface area contributed by atoms with Crippen molar-refractivity contribution < 1.29 is 14.0 Å². The van der Waals surface area contributed by atoms with E-state index in [0.717, 1.165) is 4.90 Å². The number of carbonyl (C=O) groups excluding carboxylic acids is 2. The standard InChI is InChI=1S/C12H11FN2O2/c13-9-3-1-8(2-4-9)10-7-11(16)15(6-5-14)12(10)17/h1-4,7H,5-6,14H2. The van der Waals surface area contributed by atoms with Gasteiger partial charge in [-0.1, -0.05) is 12.1 Å². The second-order valence-corrected chi connectivity index (χ2v) is 3.65. The van der Waals surface area contributed by atoms with Crippen molar-refractivity contribution in [3.05, 3.63) is 41.7 Å². The molecule has 2 amide bonds. The van der Waals surface area contributed by atoms with E-state index in [9.17, 15) is 14.0 Å². The Morgan fingerprint density at radius 1 is 1.18 bits per heavy atom. The zero-order valence-corrected chi connectivity index (χ0v) is 9.02. The Balaban J connectivity index is 2.29. The third-order valence-corrected chi connectivity index (χ3v) is 2.52. The van der Waals surface area contributed by atoms with Gasteiger partial charge in [0.2, 0.25) is 0 Å². The van der Waals surface area contributed by atoms with Crippen molar-refractivity contribution in [2.75, 3.05) is 13.1 Å². The van der Waals surface area contributed by atoms with E-state index in [0.29, 0.717) is 5.56 Å². The van der Waals surface area contributed by atoms with Gasteiger partial charge in [-0.3, -0.25) is 14.5 Å². The van der Waals surface area contributed by atoms with Crippen LogP contribution in [0.3, 0.4) is 0 Å². The van der Waals surface area contributed by atoms with Crippen LogP contribution in [0.25, 0.3) is 5.57 Å². The maximum absolute atomic E-state index is 12.7. The smallest absolute Gasteiger partial charge is 0.261 e. The summed E-state index contributed by atoms with van der Waals surface area (Å²) in [5.41, 5.74) is 6.13. The van der Waals surface area contributed by atoms with Crippen LogP contribution in [0, 0.1) is 5.82 Å². The molecule has 0 fully saturated rings. The predicted molar refractivity (Wildman–Crippen MR) is 60.2 cm³/mol. The third-order valence-electron chi connectivity index (χ3n) is 2.52. The quantitative estimate of drug-likeness (QED) is 0.776. The van der Waals surface area contributed by atoms with Crippen molar-refractivity contribution in [2.24, 2.45) is 5.73 Å². The lowest BCUT2D eigenvalue weighted by Crippen LogP contribution is -2.35. The fourth-order valence-corrected chi connectivity index (χ4v) is 1.69. The molecule has 0 bridgehead atoms. The van der Waals surface area contributed by atoms with Crippen molar-refractivity contribution in [3.8, 4) is 0 Å². The van der Waals surface area contributed by atoms with Crippen LogP contribution in [0.1, 0.15) is 5.56 Å². The first-order chi connectivity index (χ1) is 8.13. The minimum Gasteiger partial charge on any atom is -0.329 e. The Morgan fingerprint density at radius 3 is 2.41 bits per heavy atom. The third kappa shape index (κ3) is 2.09. The van der Waals surface area contributed by atoms with Gasteiger partial charge in [-0.25, -0.2) is 4.39 Å². The van der Waals surface area contributed by atoms with Gasteiger partial charge in [-0.05, 0) is 17.7 Å². The SMILES string of the molecule is NCCN1C(=O)C=C(c2ccc(F)cc2)C1=O. The van der Waals surface area contributed by atoms with Crippen LogP contribution in [0.15, 0.2) is 30.3 Å². The van der Waals surface area contributed by atoms with E-state index in [4.69, 9.17) is 5.73 Å². The molecular formula is C12H11FN2O2. The van der Waals surface area contributed by atoms with E-state index in [1.807, 2.05) is 0 Å². The lowest BCUT2D eigenvalue weighted by molar-refractivity contribution is -0.136. The second kappa shape index (κ2) is 4.47. The van der Waals surface area contributed by atoms with Gasteiger partial charge in [0.25, 0.3) is 11.8 Å². The predicted octanol–water partition coefficient (Wildman–Crippen LogP) is 0.537. The first-order valence-corrected chi connectivity index (χ1v) is 5.17. The summed E-state index contributed by atoms with van der Waals surface area (Å²) >= 11 is 0. The minimum absolute atomic E-state index is 0.193. The summed E-state index contributed by atoms with van der Waals surface area (Å²) in [6.45, 7) is 0.418. The number of amides is 2. The monoisotopic (exact) mass is 234 g/mol. The number of hydrogen-bond acceptors (Lipinski definition) is 3. The van der Waals surface area contributed by atoms with Gasteiger partial charge in [0.05, 0.1) is 5.57 Å². The van der Waals surface area contributed by atoms with Crippen LogP contribution in [0.5, 0.6) is 0 Å². The zero-order valence-electron chi connectivity index (χ0n) is 9.02. The number of hydrogen-bond donors (Lipinski definition) is 1. The Bertz CT molecular complexity index is 494. The number of imide groups is 1. The maximum Gasteiger partial charge on any atom is 0.261 e. The highest BCUT2D eigenvalue weighted by Gasteiger charge is 2.30. The summed E-state index contributed by atoms with van der Waals surface area (Å²) < 4.78 is 12.7. The van der Waals surface area contributed by atoms with Crippen molar-refractivity contribution in [1.29, 1.82) is 0 Å². The molecule has 0 aliphatic carbocycles. The van der Waals surface area contributed by atoms with Gasteiger partial charge in [0.1, 0.15) is 5.82 Å². The van der Waals surface area contributed by atoms with Gasteiger partial charge in [-0.15, -0.1) is 0 Å². The lowest BCUT2D eigenvalue weighted by Gasteiger charge is -2.12. The fraction of sp³-hybridized carbons (Fsp3) is 0.167. The second-order valence-electron chi connectivity index (χ2n) is 3.65. The molecule has 0 aromatic heterocycles. The minimum atomic E-state index is -0.384. The summed E-state index contributed by atoms with van der Waals surface area (Å²) in [4.78, 5) is 24.5. The van der Waals surface area contributed by atoms with E-state index in [-0.39, 0.29) is 36.3 Å². The van der Waals surface area contributed by atoms with Crippen molar-refractivity contribution >= 4 is 17.4 Å². The summed E-state index contributed by atoms with van der Waals surface area (Å²) in [6.07, 6.45) is 1.26. The van der Waals surface area contributed by atoms with Crippen molar-refractivity contribution in [2.45, 2.75) is 0 Å². The molecule has 0 spiro atoms. The van der Waals surface area contributed by atoms with Crippen LogP contribution in [0.2, 0.25) is 0 Å². The summed E-state index contributed by atoms with van der Waals surface area (Å²) in [6, 6.07) is 5.44. The topological polar surface area (TPSA) is 63.4 Å². The van der Waals surface area contributed by atoms with Crippen LogP contribution >= 0.6 is 0 Å². The Kier molecular flexibility index (Phi) is 3.01. The summed E-state index contributed by atoms with van der Waals surface area (Å²) in [7, 11) is 0. The van der Waals surface area contributed by atoms with E-state index >= 15 is 0 Å². The van der Waals surface area contributed by atoms with E-state index < -0.39 is 0 Å². The molecule has 17 heavy (non-hydrogen) atoms. The first kappa shape index (κ1) is 11.5. The Morgan fingerprint density at radius 2 is 1.82 bits per heavy atom. The Labute approximate surface area is 97.5 Å². The highest BCUT2D eigenvalue weighted by molar-refractivity contribution is 6.33. The number of carbonyl (C=O) groups is 2. The molecule has 2 rings (SSSR count). The molecule has 1 aliphatic rings. The normalized spacial score (nSPS) is 15.4. The molecule has 4 nitrogen and oxygen atoms in total. The highest BCUT2D eigenvalue weighted by Crippen LogP contribution is 2.23. The molecular weight excluding hydrogens is 223 g/mol. The lowest BCUT2D eigenvalue weighted by atomic mass is 10.1. The first-order valence-electron chi connectivity index (χ1n) is 5.17. The molecule has 1 heterocycles. The van der Waals surface area contributed by atoms with Gasteiger partial charge in [-0.2, -0.15) is 0 Å². The molecule has 0 atom stereocenters. The highest BCUT2D eigenvalue weighted by atomic mass is 19.1. The molecule has 0 saturated carbocycles. The molecule has 1 aromatic rings. The summed E-state index contributed by atoms with van der Waals surface area (Å²) in [5, 5.41) is 0. The average molecular weight is 234 g/mol. The fourth-order valence-electron chi connectivity index (χ4n) is 1.69. The number of benzene rings is 1. The van der Waals surface area contributed by atoms with Gasteiger partial charge >= 0.3 is 0 Å².